The lowest BCUT2D eigenvalue weighted by molar-refractivity contribution is -0.384. The van der Waals surface area contributed by atoms with Crippen LogP contribution in [0.1, 0.15) is 12.8 Å². The smallest absolute Gasteiger partial charge is 0.273 e. The first-order chi connectivity index (χ1) is 9.42. The largest absolute Gasteiger partial charge is 0.383 e. The molecule has 1 aliphatic heterocycles. The molecule has 0 amide bonds. The number of nitrogens with zero attached hydrogens (tertiary/aromatic N) is 1. The van der Waals surface area contributed by atoms with Crippen LogP contribution in [0.25, 0.3) is 0 Å². The molecular formula is C11H16N4O4S. The third-order valence-electron chi connectivity index (χ3n) is 3.29. The lowest BCUT2D eigenvalue weighted by Gasteiger charge is -2.12. The summed E-state index contributed by atoms with van der Waals surface area (Å²) < 4.78 is 23.4. The molecule has 8 nitrogen and oxygen atoms in total. The summed E-state index contributed by atoms with van der Waals surface area (Å²) in [5.74, 6) is 5.47. The van der Waals surface area contributed by atoms with Crippen LogP contribution in [0.4, 0.5) is 17.1 Å². The highest BCUT2D eigenvalue weighted by Crippen LogP contribution is 2.25. The molecule has 0 bridgehead atoms. The van der Waals surface area contributed by atoms with Gasteiger partial charge in [0.05, 0.1) is 21.6 Å². The molecular weight excluding hydrogens is 284 g/mol. The summed E-state index contributed by atoms with van der Waals surface area (Å²) in [5, 5.41) is 13.3. The number of benzene rings is 1. The molecule has 1 atom stereocenters. The average molecular weight is 300 g/mol. The zero-order valence-electron chi connectivity index (χ0n) is 10.7. The van der Waals surface area contributed by atoms with E-state index in [9.17, 15) is 18.5 Å². The van der Waals surface area contributed by atoms with E-state index in [-0.39, 0.29) is 18.0 Å². The number of hydrazine groups is 1. The van der Waals surface area contributed by atoms with Gasteiger partial charge in [0, 0.05) is 24.4 Å². The van der Waals surface area contributed by atoms with Gasteiger partial charge in [-0.3, -0.25) is 16.0 Å². The summed E-state index contributed by atoms with van der Waals surface area (Å²) in [4.78, 5) is 10.3. The van der Waals surface area contributed by atoms with Gasteiger partial charge in [0.1, 0.15) is 0 Å². The molecule has 1 unspecified atom stereocenters. The van der Waals surface area contributed by atoms with Gasteiger partial charge in [-0.1, -0.05) is 0 Å². The maximum absolute atomic E-state index is 11.7. The number of rotatable bonds is 5. The van der Waals surface area contributed by atoms with E-state index in [1.807, 2.05) is 0 Å². The van der Waals surface area contributed by atoms with E-state index in [0.29, 0.717) is 24.2 Å². The quantitative estimate of drug-likeness (QED) is 0.418. The summed E-state index contributed by atoms with van der Waals surface area (Å²) >= 11 is 0. The van der Waals surface area contributed by atoms with Crippen LogP contribution in [0.3, 0.4) is 0 Å². The first kappa shape index (κ1) is 14.5. The van der Waals surface area contributed by atoms with Crippen LogP contribution in [0.2, 0.25) is 0 Å². The third-order valence-corrected chi connectivity index (χ3v) is 5.57. The van der Waals surface area contributed by atoms with E-state index in [1.165, 1.54) is 12.1 Å². The van der Waals surface area contributed by atoms with Crippen LogP contribution in [0, 0.1) is 10.1 Å². The van der Waals surface area contributed by atoms with Crippen molar-refractivity contribution in [2.45, 2.75) is 18.1 Å². The van der Waals surface area contributed by atoms with Gasteiger partial charge >= 0.3 is 0 Å². The lowest BCUT2D eigenvalue weighted by Crippen LogP contribution is -2.25. The zero-order chi connectivity index (χ0) is 14.8. The molecule has 1 aromatic rings. The molecule has 1 aromatic carbocycles. The van der Waals surface area contributed by atoms with Crippen LogP contribution >= 0.6 is 0 Å². The number of nitrogens with one attached hydrogen (secondary N) is 2. The summed E-state index contributed by atoms with van der Waals surface area (Å²) in [6.45, 7) is 0.244. The molecule has 1 aliphatic rings. The van der Waals surface area contributed by atoms with Gasteiger partial charge in [0.25, 0.3) is 5.69 Å². The van der Waals surface area contributed by atoms with E-state index < -0.39 is 20.0 Å². The molecule has 4 N–H and O–H groups in total. The van der Waals surface area contributed by atoms with E-state index in [2.05, 4.69) is 10.7 Å². The molecule has 1 heterocycles. The van der Waals surface area contributed by atoms with Gasteiger partial charge < -0.3 is 10.7 Å². The number of nitro benzene ring substituents is 1. The Kier molecular flexibility index (Phi) is 4.09. The number of non-ortho nitro benzene ring substituents is 1. The molecule has 9 heteroatoms. The Morgan fingerprint density at radius 1 is 1.35 bits per heavy atom. The van der Waals surface area contributed by atoms with Gasteiger partial charge in [-0.2, -0.15) is 0 Å². The summed E-state index contributed by atoms with van der Waals surface area (Å²) in [6.07, 6.45) is 1.28. The number of nitrogens with two attached hydrogens (primary N) is 1. The van der Waals surface area contributed by atoms with Crippen molar-refractivity contribution in [3.8, 4) is 0 Å². The second kappa shape index (κ2) is 5.63. The van der Waals surface area contributed by atoms with Crippen LogP contribution in [0.5, 0.6) is 0 Å². The molecule has 0 saturated carbocycles. The minimum absolute atomic E-state index is 0.114. The van der Waals surface area contributed by atoms with Crippen LogP contribution in [-0.2, 0) is 9.84 Å². The number of anilines is 2. The van der Waals surface area contributed by atoms with Crippen molar-refractivity contribution in [2.24, 2.45) is 5.84 Å². The Balaban J connectivity index is 2.13. The lowest BCUT2D eigenvalue weighted by atomic mass is 10.2. The van der Waals surface area contributed by atoms with Gasteiger partial charge in [0.15, 0.2) is 9.84 Å². The highest BCUT2D eigenvalue weighted by atomic mass is 32.2. The topological polar surface area (TPSA) is 127 Å². The van der Waals surface area contributed by atoms with E-state index in [1.54, 1.807) is 6.07 Å². The number of hydrogen-bond donors (Lipinski definition) is 3. The number of hydrogen-bond acceptors (Lipinski definition) is 7. The second-order valence-corrected chi connectivity index (χ2v) is 7.08. The standard InChI is InChI=1S/C11H16N4O4S/c12-14-9-4-8(5-10(6-9)15(16)17)13-7-11-2-1-3-20(11,18)19/h4-6,11,13-14H,1-3,7,12H2. The third kappa shape index (κ3) is 3.17. The van der Waals surface area contributed by atoms with Crippen LogP contribution in [0.15, 0.2) is 18.2 Å². The normalized spacial score (nSPS) is 20.6. The van der Waals surface area contributed by atoms with Crippen molar-refractivity contribution in [3.05, 3.63) is 28.3 Å². The molecule has 0 aliphatic carbocycles. The SMILES string of the molecule is NNc1cc(NCC2CCCS2(=O)=O)cc([N+](=O)[O-])c1. The van der Waals surface area contributed by atoms with E-state index in [0.717, 1.165) is 0 Å². The van der Waals surface area contributed by atoms with Crippen molar-refractivity contribution in [2.75, 3.05) is 23.0 Å². The molecule has 2 rings (SSSR count). The molecule has 20 heavy (non-hydrogen) atoms. The Labute approximate surface area is 116 Å². The van der Waals surface area contributed by atoms with Gasteiger partial charge in [-0.25, -0.2) is 8.42 Å². The maximum atomic E-state index is 11.7. The molecule has 0 radical (unpaired) electrons. The highest BCUT2D eigenvalue weighted by molar-refractivity contribution is 7.92. The fraction of sp³-hybridized carbons (Fsp3) is 0.455. The predicted octanol–water partition coefficient (Wildman–Crippen LogP) is 0.869. The first-order valence-corrected chi connectivity index (χ1v) is 7.85. The highest BCUT2D eigenvalue weighted by Gasteiger charge is 2.30. The zero-order valence-corrected chi connectivity index (χ0v) is 11.5. The Morgan fingerprint density at radius 2 is 2.05 bits per heavy atom. The van der Waals surface area contributed by atoms with Crippen molar-refractivity contribution < 1.29 is 13.3 Å². The van der Waals surface area contributed by atoms with Gasteiger partial charge in [-0.15, -0.1) is 0 Å². The predicted molar refractivity (Wildman–Crippen MR) is 76.2 cm³/mol. The van der Waals surface area contributed by atoms with E-state index >= 15 is 0 Å². The average Bonchev–Trinajstić information content (AvgIpc) is 2.74. The maximum Gasteiger partial charge on any atom is 0.273 e. The van der Waals surface area contributed by atoms with Crippen LogP contribution in [-0.4, -0.2) is 30.9 Å². The van der Waals surface area contributed by atoms with Crippen molar-refractivity contribution >= 4 is 26.9 Å². The fourth-order valence-electron chi connectivity index (χ4n) is 2.22. The van der Waals surface area contributed by atoms with Crippen molar-refractivity contribution in [1.82, 2.24) is 0 Å². The summed E-state index contributed by atoms with van der Waals surface area (Å²) in [6, 6.07) is 4.24. The number of sulfone groups is 1. The molecule has 1 saturated heterocycles. The molecule has 0 spiro atoms. The number of nitrogen functional groups attached to an aromatic ring is 1. The Morgan fingerprint density at radius 3 is 2.60 bits per heavy atom. The first-order valence-electron chi connectivity index (χ1n) is 6.14. The Bertz CT molecular complexity index is 617. The Hall–Kier alpha value is -1.87. The van der Waals surface area contributed by atoms with Crippen molar-refractivity contribution in [1.29, 1.82) is 0 Å². The second-order valence-electron chi connectivity index (χ2n) is 4.68. The van der Waals surface area contributed by atoms with E-state index in [4.69, 9.17) is 5.84 Å². The molecule has 1 fully saturated rings. The molecule has 0 aromatic heterocycles. The fourth-order valence-corrected chi connectivity index (χ4v) is 3.99. The summed E-state index contributed by atoms with van der Waals surface area (Å²) in [7, 11) is -3.04. The minimum atomic E-state index is -3.04. The molecule has 110 valence electrons. The summed E-state index contributed by atoms with van der Waals surface area (Å²) in [5.41, 5.74) is 3.08. The van der Waals surface area contributed by atoms with Crippen molar-refractivity contribution in [3.63, 3.8) is 0 Å². The van der Waals surface area contributed by atoms with Crippen LogP contribution < -0.4 is 16.6 Å². The minimum Gasteiger partial charge on any atom is -0.383 e. The number of nitro groups is 1. The monoisotopic (exact) mass is 300 g/mol. The van der Waals surface area contributed by atoms with Gasteiger partial charge in [-0.05, 0) is 18.9 Å². The van der Waals surface area contributed by atoms with Gasteiger partial charge in [0.2, 0.25) is 0 Å².